The summed E-state index contributed by atoms with van der Waals surface area (Å²) in [4.78, 5) is 0.769. The number of rotatable bonds is 2. The van der Waals surface area contributed by atoms with Crippen molar-refractivity contribution in [1.82, 2.24) is 0 Å². The monoisotopic (exact) mass is 349 g/mol. The Bertz CT molecular complexity index is 903. The summed E-state index contributed by atoms with van der Waals surface area (Å²) in [6.07, 6.45) is 0. The van der Waals surface area contributed by atoms with Crippen molar-refractivity contribution in [2.45, 2.75) is 0 Å². The zero-order valence-corrected chi connectivity index (χ0v) is 13.3. The molecule has 7 heteroatoms. The molecule has 23 heavy (non-hydrogen) atoms. The van der Waals surface area contributed by atoms with E-state index in [0.29, 0.717) is 21.7 Å². The summed E-state index contributed by atoms with van der Waals surface area (Å²) >= 11 is 5.83. The van der Waals surface area contributed by atoms with Crippen molar-refractivity contribution in [2.24, 2.45) is 0 Å². The fourth-order valence-corrected chi connectivity index (χ4v) is 3.75. The van der Waals surface area contributed by atoms with Crippen LogP contribution >= 0.6 is 11.6 Å². The van der Waals surface area contributed by atoms with Gasteiger partial charge in [0, 0.05) is 5.02 Å². The number of nitrogens with zero attached hydrogens (tertiary/aromatic N) is 1. The molecule has 1 aliphatic heterocycles. The fraction of sp³-hybridized carbons (Fsp3) is 0. The summed E-state index contributed by atoms with van der Waals surface area (Å²) in [7, 11) is -3.97. The molecule has 0 saturated carbocycles. The smallest absolute Gasteiger partial charge is 0.218 e. The highest BCUT2D eigenvalue weighted by atomic mass is 35.5. The molecule has 0 saturated heterocycles. The van der Waals surface area contributed by atoms with Crippen molar-refractivity contribution in [2.75, 3.05) is 4.90 Å². The minimum Gasteiger partial charge on any atom is -0.494 e. The Morgan fingerprint density at radius 1 is 0.913 bits per heavy atom. The van der Waals surface area contributed by atoms with Crippen LogP contribution in [0, 0.1) is 0 Å². The van der Waals surface area contributed by atoms with Gasteiger partial charge in [-0.3, -0.25) is 0 Å². The van der Waals surface area contributed by atoms with Gasteiger partial charge in [0.2, 0.25) is 21.6 Å². The Morgan fingerprint density at radius 3 is 2.13 bits per heavy atom. The van der Waals surface area contributed by atoms with Crippen LogP contribution in [0.1, 0.15) is 5.56 Å². The number of sulfone groups is 1. The second-order valence-corrected chi connectivity index (χ2v) is 7.02. The van der Waals surface area contributed by atoms with E-state index in [0.717, 1.165) is 4.90 Å². The predicted octanol–water partition coefficient (Wildman–Crippen LogP) is 3.82. The maximum Gasteiger partial charge on any atom is 0.218 e. The lowest BCUT2D eigenvalue weighted by Crippen LogP contribution is -2.28. The molecule has 1 heterocycles. The third-order valence-electron chi connectivity index (χ3n) is 3.31. The minimum absolute atomic E-state index is 0.272. The molecule has 1 aliphatic rings. The van der Waals surface area contributed by atoms with E-state index in [1.165, 1.54) is 0 Å². The van der Waals surface area contributed by atoms with Crippen LogP contribution in [-0.2, 0) is 9.84 Å². The van der Waals surface area contributed by atoms with Gasteiger partial charge >= 0.3 is 0 Å². The van der Waals surface area contributed by atoms with Crippen LogP contribution in [0.2, 0.25) is 5.02 Å². The maximum atomic E-state index is 12.3. The summed E-state index contributed by atoms with van der Waals surface area (Å²) in [6.45, 7) is 0. The molecular formula is C16H12ClNO4S. The zero-order chi connectivity index (χ0) is 16.6. The van der Waals surface area contributed by atoms with Gasteiger partial charge in [-0.15, -0.1) is 0 Å². The van der Waals surface area contributed by atoms with Crippen molar-refractivity contribution in [3.8, 4) is 0 Å². The summed E-state index contributed by atoms with van der Waals surface area (Å²) in [5.74, 6) is -1.16. The van der Waals surface area contributed by atoms with Crippen LogP contribution in [0.5, 0.6) is 0 Å². The lowest BCUT2D eigenvalue weighted by molar-refractivity contribution is 0.344. The SMILES string of the molecule is O=S1(=O)C=C(O)N(c2ccc(Cl)cc2)C(O)=C1c1ccccc1. The van der Waals surface area contributed by atoms with Gasteiger partial charge < -0.3 is 10.2 Å². The topological polar surface area (TPSA) is 77.8 Å². The zero-order valence-electron chi connectivity index (χ0n) is 11.7. The van der Waals surface area contributed by atoms with Gasteiger partial charge in [0.25, 0.3) is 0 Å². The van der Waals surface area contributed by atoms with E-state index in [1.807, 2.05) is 0 Å². The average Bonchev–Trinajstić information content (AvgIpc) is 2.49. The highest BCUT2D eigenvalue weighted by molar-refractivity contribution is 8.03. The Labute approximate surface area is 138 Å². The maximum absolute atomic E-state index is 12.3. The minimum atomic E-state index is -3.97. The summed E-state index contributed by atoms with van der Waals surface area (Å²) in [5.41, 5.74) is 0.705. The highest BCUT2D eigenvalue weighted by Crippen LogP contribution is 2.36. The molecule has 0 spiro atoms. The van der Waals surface area contributed by atoms with Crippen LogP contribution < -0.4 is 4.90 Å². The van der Waals surface area contributed by atoms with E-state index in [-0.39, 0.29) is 4.91 Å². The molecule has 0 aliphatic carbocycles. The number of anilines is 1. The van der Waals surface area contributed by atoms with Gasteiger partial charge in [-0.2, -0.15) is 0 Å². The molecule has 0 unspecified atom stereocenters. The van der Waals surface area contributed by atoms with Gasteiger partial charge in [-0.05, 0) is 29.8 Å². The molecule has 0 aromatic heterocycles. The van der Waals surface area contributed by atoms with Crippen molar-refractivity contribution in [1.29, 1.82) is 0 Å². The molecule has 0 fully saturated rings. The second kappa shape index (κ2) is 5.64. The Balaban J connectivity index is 2.21. The van der Waals surface area contributed by atoms with Crippen molar-refractivity contribution >= 4 is 32.0 Å². The molecule has 2 N–H and O–H groups in total. The average molecular weight is 350 g/mol. The second-order valence-electron chi connectivity index (χ2n) is 4.85. The van der Waals surface area contributed by atoms with Gasteiger partial charge in [-0.25, -0.2) is 13.3 Å². The van der Waals surface area contributed by atoms with E-state index in [1.54, 1.807) is 54.6 Å². The summed E-state index contributed by atoms with van der Waals surface area (Å²) in [6, 6.07) is 14.5. The molecule has 0 radical (unpaired) electrons. The van der Waals surface area contributed by atoms with Crippen LogP contribution in [0.15, 0.2) is 71.8 Å². The first-order chi connectivity index (χ1) is 10.9. The Hall–Kier alpha value is -2.44. The molecule has 0 amide bonds. The largest absolute Gasteiger partial charge is 0.494 e. The standard InChI is InChI=1S/C16H12ClNO4S/c17-12-6-8-13(9-7-12)18-14(19)10-23(21,22)15(16(18)20)11-4-2-1-3-5-11/h1-10,19-20H. The van der Waals surface area contributed by atoms with E-state index in [9.17, 15) is 18.6 Å². The quantitative estimate of drug-likeness (QED) is 0.861. The molecule has 3 rings (SSSR count). The van der Waals surface area contributed by atoms with E-state index >= 15 is 0 Å². The van der Waals surface area contributed by atoms with Crippen molar-refractivity contribution in [3.05, 3.63) is 82.4 Å². The van der Waals surface area contributed by atoms with E-state index < -0.39 is 21.6 Å². The van der Waals surface area contributed by atoms with Crippen LogP contribution in [0.4, 0.5) is 5.69 Å². The molecule has 2 aromatic carbocycles. The van der Waals surface area contributed by atoms with E-state index in [4.69, 9.17) is 11.6 Å². The molecular weight excluding hydrogens is 338 g/mol. The number of hydrogen-bond acceptors (Lipinski definition) is 5. The van der Waals surface area contributed by atoms with Crippen LogP contribution in [-0.4, -0.2) is 18.6 Å². The highest BCUT2D eigenvalue weighted by Gasteiger charge is 2.34. The molecule has 0 bridgehead atoms. The van der Waals surface area contributed by atoms with Gasteiger partial charge in [0.15, 0.2) is 0 Å². The van der Waals surface area contributed by atoms with Gasteiger partial charge in [0.05, 0.1) is 11.1 Å². The first kappa shape index (κ1) is 15.5. The third-order valence-corrected chi connectivity index (χ3v) is 5.07. The fourth-order valence-electron chi connectivity index (χ4n) is 2.32. The lowest BCUT2D eigenvalue weighted by atomic mass is 10.2. The lowest BCUT2D eigenvalue weighted by Gasteiger charge is -2.27. The number of aliphatic hydroxyl groups excluding tert-OH is 2. The molecule has 5 nitrogen and oxygen atoms in total. The van der Waals surface area contributed by atoms with Gasteiger partial charge in [-0.1, -0.05) is 41.9 Å². The first-order valence-electron chi connectivity index (χ1n) is 6.60. The van der Waals surface area contributed by atoms with Crippen LogP contribution in [0.25, 0.3) is 4.91 Å². The Kier molecular flexibility index (Phi) is 3.79. The normalized spacial score (nSPS) is 17.1. The molecule has 0 atom stereocenters. The molecule has 118 valence electrons. The van der Waals surface area contributed by atoms with Gasteiger partial charge in [0.1, 0.15) is 4.91 Å². The van der Waals surface area contributed by atoms with Crippen LogP contribution in [0.3, 0.4) is 0 Å². The number of aliphatic hydroxyl groups is 2. The molecule has 2 aromatic rings. The van der Waals surface area contributed by atoms with Crippen molar-refractivity contribution in [3.63, 3.8) is 0 Å². The number of hydrogen-bond donors (Lipinski definition) is 2. The summed E-state index contributed by atoms with van der Waals surface area (Å²) in [5, 5.41) is 21.7. The van der Waals surface area contributed by atoms with E-state index in [2.05, 4.69) is 0 Å². The number of halogens is 1. The third kappa shape index (κ3) is 2.78. The Morgan fingerprint density at radius 2 is 1.52 bits per heavy atom. The van der Waals surface area contributed by atoms with Crippen molar-refractivity contribution < 1.29 is 18.6 Å². The number of benzene rings is 2. The summed E-state index contributed by atoms with van der Waals surface area (Å²) < 4.78 is 24.7. The first-order valence-corrected chi connectivity index (χ1v) is 8.53. The predicted molar refractivity (Wildman–Crippen MR) is 89.6 cm³/mol.